The molecule has 0 unspecified atom stereocenters. The number of hydrogen-bond acceptors (Lipinski definition) is 0. The van der Waals surface area contributed by atoms with E-state index in [1.165, 1.54) is 32.3 Å². The molecule has 0 aromatic carbocycles. The topological polar surface area (TPSA) is 0 Å². The van der Waals surface area contributed by atoms with Gasteiger partial charge in [0.15, 0.2) is 0 Å². The molecule has 0 amide bonds. The summed E-state index contributed by atoms with van der Waals surface area (Å²) < 4.78 is 1.21. The van der Waals surface area contributed by atoms with Crippen molar-refractivity contribution in [3.05, 3.63) is 45.4 Å². The Kier molecular flexibility index (Phi) is 3.07. The van der Waals surface area contributed by atoms with Gasteiger partial charge in [0.2, 0.25) is 0 Å². The summed E-state index contributed by atoms with van der Waals surface area (Å²) in [5.41, 5.74) is 6.82. The molecule has 0 aliphatic heterocycles. The van der Waals surface area contributed by atoms with Crippen LogP contribution in [0.1, 0.15) is 36.5 Å². The lowest BCUT2D eigenvalue weighted by Gasteiger charge is -2.03. The number of halogens is 1. The van der Waals surface area contributed by atoms with Crippen LogP contribution in [0.15, 0.2) is 28.7 Å². The molecular weight excluding hydrogens is 260 g/mol. The molecule has 0 heterocycles. The van der Waals surface area contributed by atoms with Crippen LogP contribution >= 0.6 is 15.9 Å². The molecule has 0 saturated carbocycles. The van der Waals surface area contributed by atoms with Gasteiger partial charge in [0.25, 0.3) is 0 Å². The standard InChI is InChI=1S/C15H17Br/c1-9(2)12-6-5-10(3)13-8-15(16)11(4)14(13)7-12/h5-9H,1-4H3. The number of fused-ring (bicyclic) bond motifs is 1. The van der Waals surface area contributed by atoms with Gasteiger partial charge in [0.1, 0.15) is 0 Å². The minimum absolute atomic E-state index is 0.572. The summed E-state index contributed by atoms with van der Waals surface area (Å²) in [6.07, 6.45) is 0. The first kappa shape index (κ1) is 11.7. The van der Waals surface area contributed by atoms with Gasteiger partial charge in [-0.25, -0.2) is 0 Å². The second-order valence-electron chi connectivity index (χ2n) is 4.76. The van der Waals surface area contributed by atoms with Gasteiger partial charge in [-0.05, 0) is 53.6 Å². The van der Waals surface area contributed by atoms with Crippen LogP contribution in [-0.4, -0.2) is 0 Å². The quantitative estimate of drug-likeness (QED) is 0.664. The first-order valence-electron chi connectivity index (χ1n) is 5.70. The second kappa shape index (κ2) is 4.21. The molecule has 2 aliphatic rings. The van der Waals surface area contributed by atoms with Crippen molar-refractivity contribution in [1.82, 2.24) is 0 Å². The highest BCUT2D eigenvalue weighted by molar-refractivity contribution is 9.10. The zero-order valence-corrected chi connectivity index (χ0v) is 11.9. The molecule has 0 fully saturated rings. The Balaban J connectivity index is 2.77. The lowest BCUT2D eigenvalue weighted by molar-refractivity contribution is 0.868. The molecule has 0 saturated heterocycles. The van der Waals surface area contributed by atoms with Crippen LogP contribution in [-0.2, 0) is 0 Å². The van der Waals surface area contributed by atoms with E-state index in [0.717, 1.165) is 0 Å². The van der Waals surface area contributed by atoms with Crippen molar-refractivity contribution < 1.29 is 0 Å². The van der Waals surface area contributed by atoms with Gasteiger partial charge in [0, 0.05) is 4.47 Å². The van der Waals surface area contributed by atoms with Crippen LogP contribution in [0.25, 0.3) is 11.1 Å². The zero-order valence-electron chi connectivity index (χ0n) is 10.3. The highest BCUT2D eigenvalue weighted by Gasteiger charge is 2.13. The fourth-order valence-corrected chi connectivity index (χ4v) is 2.48. The average molecular weight is 277 g/mol. The Bertz CT molecular complexity index is 497. The van der Waals surface area contributed by atoms with Crippen LogP contribution < -0.4 is 0 Å². The van der Waals surface area contributed by atoms with Crippen molar-refractivity contribution in [2.24, 2.45) is 0 Å². The van der Waals surface area contributed by atoms with Gasteiger partial charge in [-0.2, -0.15) is 0 Å². The maximum Gasteiger partial charge on any atom is 0.0216 e. The zero-order chi connectivity index (χ0) is 11.9. The van der Waals surface area contributed by atoms with E-state index in [4.69, 9.17) is 0 Å². The Labute approximate surface area is 106 Å². The van der Waals surface area contributed by atoms with Crippen LogP contribution in [0.5, 0.6) is 0 Å². The third-order valence-corrected chi connectivity index (χ3v) is 4.08. The van der Waals surface area contributed by atoms with Crippen molar-refractivity contribution in [3.63, 3.8) is 0 Å². The SMILES string of the molecule is Cc1ccc(C(C)C)cc2c(C)c(Br)cc1-2. The van der Waals surface area contributed by atoms with Gasteiger partial charge in [-0.15, -0.1) is 0 Å². The van der Waals surface area contributed by atoms with Crippen molar-refractivity contribution >= 4 is 15.9 Å². The number of hydrogen-bond donors (Lipinski definition) is 0. The first-order valence-corrected chi connectivity index (χ1v) is 6.49. The van der Waals surface area contributed by atoms with E-state index < -0.39 is 0 Å². The molecule has 0 radical (unpaired) electrons. The Morgan fingerprint density at radius 2 is 1.69 bits per heavy atom. The Morgan fingerprint density at radius 1 is 1.00 bits per heavy atom. The minimum atomic E-state index is 0.572. The smallest absolute Gasteiger partial charge is 0.0216 e. The lowest BCUT2D eigenvalue weighted by Crippen LogP contribution is -1.83. The first-order chi connectivity index (χ1) is 7.50. The van der Waals surface area contributed by atoms with Crippen molar-refractivity contribution in [2.45, 2.75) is 33.6 Å². The summed E-state index contributed by atoms with van der Waals surface area (Å²) in [6, 6.07) is 9.02. The Hall–Kier alpha value is -0.820. The summed E-state index contributed by atoms with van der Waals surface area (Å²) in [5, 5.41) is 0. The molecule has 0 atom stereocenters. The van der Waals surface area contributed by atoms with E-state index >= 15 is 0 Å². The monoisotopic (exact) mass is 276 g/mol. The highest BCUT2D eigenvalue weighted by Crippen LogP contribution is 2.37. The normalized spacial score (nSPS) is 11.4. The highest BCUT2D eigenvalue weighted by atomic mass is 79.9. The van der Waals surface area contributed by atoms with E-state index in [-0.39, 0.29) is 0 Å². The lowest BCUT2D eigenvalue weighted by atomic mass is 10.0. The predicted molar refractivity (Wildman–Crippen MR) is 74.3 cm³/mol. The predicted octanol–water partition coefficient (Wildman–Crippen LogP) is 5.29. The molecule has 2 aliphatic carbocycles. The largest absolute Gasteiger partial charge is 0.0587 e. The second-order valence-corrected chi connectivity index (χ2v) is 5.61. The summed E-state index contributed by atoms with van der Waals surface area (Å²) >= 11 is 3.62. The molecule has 0 bridgehead atoms. The van der Waals surface area contributed by atoms with Crippen molar-refractivity contribution in [3.8, 4) is 11.1 Å². The molecular formula is C15H17Br. The van der Waals surface area contributed by atoms with Crippen LogP contribution in [0.3, 0.4) is 0 Å². The summed E-state index contributed by atoms with van der Waals surface area (Å²) in [6.45, 7) is 8.84. The van der Waals surface area contributed by atoms with E-state index in [2.05, 4.69) is 67.9 Å². The van der Waals surface area contributed by atoms with E-state index in [1.54, 1.807) is 0 Å². The van der Waals surface area contributed by atoms with Gasteiger partial charge < -0.3 is 0 Å². The van der Waals surface area contributed by atoms with E-state index in [1.807, 2.05) is 0 Å². The van der Waals surface area contributed by atoms with Gasteiger partial charge >= 0.3 is 0 Å². The average Bonchev–Trinajstić information content (AvgIpc) is 2.42. The van der Waals surface area contributed by atoms with E-state index in [0.29, 0.717) is 5.92 Å². The fraction of sp³-hybridized carbons (Fsp3) is 0.333. The van der Waals surface area contributed by atoms with Crippen molar-refractivity contribution in [1.29, 1.82) is 0 Å². The molecule has 2 rings (SSSR count). The molecule has 1 heteroatoms. The summed E-state index contributed by atoms with van der Waals surface area (Å²) in [4.78, 5) is 0. The van der Waals surface area contributed by atoms with Crippen molar-refractivity contribution in [2.75, 3.05) is 0 Å². The molecule has 16 heavy (non-hydrogen) atoms. The molecule has 0 N–H and O–H groups in total. The third kappa shape index (κ3) is 1.89. The van der Waals surface area contributed by atoms with Crippen LogP contribution in [0, 0.1) is 13.8 Å². The van der Waals surface area contributed by atoms with Crippen LogP contribution in [0.4, 0.5) is 0 Å². The van der Waals surface area contributed by atoms with Gasteiger partial charge in [-0.3, -0.25) is 0 Å². The third-order valence-electron chi connectivity index (χ3n) is 3.25. The maximum atomic E-state index is 3.62. The van der Waals surface area contributed by atoms with Gasteiger partial charge in [-0.1, -0.05) is 48.0 Å². The fourth-order valence-electron chi connectivity index (χ4n) is 2.04. The number of aryl methyl sites for hydroxylation is 1. The minimum Gasteiger partial charge on any atom is -0.0587 e. The Morgan fingerprint density at radius 3 is 2.31 bits per heavy atom. The summed E-state index contributed by atoms with van der Waals surface area (Å²) in [5.74, 6) is 0.572. The van der Waals surface area contributed by atoms with E-state index in [9.17, 15) is 0 Å². The number of rotatable bonds is 1. The molecule has 0 spiro atoms. The summed E-state index contributed by atoms with van der Waals surface area (Å²) in [7, 11) is 0. The van der Waals surface area contributed by atoms with Gasteiger partial charge in [0.05, 0.1) is 0 Å². The molecule has 0 aromatic rings. The molecule has 0 nitrogen and oxygen atoms in total. The molecule has 0 aromatic heterocycles. The van der Waals surface area contributed by atoms with Crippen LogP contribution in [0.2, 0.25) is 0 Å². The molecule has 84 valence electrons. The maximum absolute atomic E-state index is 3.62.